The van der Waals surface area contributed by atoms with Gasteiger partial charge >= 0.3 is 5.97 Å². The summed E-state index contributed by atoms with van der Waals surface area (Å²) in [5, 5.41) is 8.94. The number of hydrogen-bond acceptors (Lipinski definition) is 4. The fraction of sp³-hybridized carbons (Fsp3) is 0.579. The molecule has 0 bridgehead atoms. The number of carboxylic acid groups (broad SMARTS) is 1. The average molecular weight is 392 g/mol. The van der Waals surface area contributed by atoms with E-state index in [1.807, 2.05) is 4.90 Å². The molecule has 27 heavy (non-hydrogen) atoms. The second-order valence-corrected chi connectivity index (χ2v) is 9.70. The summed E-state index contributed by atoms with van der Waals surface area (Å²) in [6.07, 6.45) is 4.59. The Bertz CT molecular complexity index is 823. The van der Waals surface area contributed by atoms with E-state index in [2.05, 4.69) is 0 Å². The number of amides is 1. The number of rotatable bonds is 6. The van der Waals surface area contributed by atoms with E-state index in [-0.39, 0.29) is 35.4 Å². The van der Waals surface area contributed by atoms with Crippen molar-refractivity contribution in [1.29, 1.82) is 0 Å². The number of hydrogen-bond donors (Lipinski definition) is 1. The van der Waals surface area contributed by atoms with E-state index in [4.69, 9.17) is 5.11 Å². The van der Waals surface area contributed by atoms with Gasteiger partial charge in [-0.05, 0) is 61.8 Å². The molecule has 0 unspecified atom stereocenters. The van der Waals surface area contributed by atoms with Crippen molar-refractivity contribution >= 4 is 21.9 Å². The van der Waals surface area contributed by atoms with Crippen LogP contribution in [-0.4, -0.2) is 60.8 Å². The number of aromatic carboxylic acids is 1. The van der Waals surface area contributed by atoms with Crippen molar-refractivity contribution in [1.82, 2.24) is 9.21 Å². The molecule has 0 atom stereocenters. The van der Waals surface area contributed by atoms with Crippen LogP contribution in [0.25, 0.3) is 0 Å². The maximum absolute atomic E-state index is 12.9. The maximum Gasteiger partial charge on any atom is 0.335 e. The van der Waals surface area contributed by atoms with Crippen LogP contribution >= 0.6 is 0 Å². The van der Waals surface area contributed by atoms with Gasteiger partial charge in [0.15, 0.2) is 0 Å². The summed E-state index contributed by atoms with van der Waals surface area (Å²) < 4.78 is 27.0. The van der Waals surface area contributed by atoms with Gasteiger partial charge in [0, 0.05) is 32.1 Å². The quantitative estimate of drug-likeness (QED) is 0.794. The number of carboxylic acids is 1. The highest BCUT2D eigenvalue weighted by molar-refractivity contribution is 7.89. The third kappa shape index (κ3) is 3.73. The van der Waals surface area contributed by atoms with E-state index in [0.717, 1.165) is 25.7 Å². The molecule has 3 aliphatic rings. The van der Waals surface area contributed by atoms with Gasteiger partial charge in [0.05, 0.1) is 10.5 Å². The van der Waals surface area contributed by atoms with Crippen LogP contribution in [0.4, 0.5) is 0 Å². The maximum atomic E-state index is 12.9. The molecule has 2 aliphatic carbocycles. The molecule has 1 aromatic rings. The van der Waals surface area contributed by atoms with Crippen LogP contribution < -0.4 is 0 Å². The minimum atomic E-state index is -3.68. The third-order valence-electron chi connectivity index (χ3n) is 5.83. The molecule has 1 amide bonds. The van der Waals surface area contributed by atoms with Crippen LogP contribution in [0.3, 0.4) is 0 Å². The zero-order valence-electron chi connectivity index (χ0n) is 15.1. The van der Waals surface area contributed by atoms with Gasteiger partial charge in [-0.1, -0.05) is 0 Å². The van der Waals surface area contributed by atoms with Gasteiger partial charge < -0.3 is 10.0 Å². The molecule has 1 heterocycles. The van der Waals surface area contributed by atoms with Crippen LogP contribution in [0, 0.1) is 17.8 Å². The Kier molecular flexibility index (Phi) is 4.71. The Morgan fingerprint density at radius 1 is 0.926 bits per heavy atom. The molecule has 146 valence electrons. The topological polar surface area (TPSA) is 95.0 Å². The van der Waals surface area contributed by atoms with Gasteiger partial charge in [-0.2, -0.15) is 4.31 Å². The molecular weight excluding hydrogens is 368 g/mol. The molecule has 8 heteroatoms. The van der Waals surface area contributed by atoms with E-state index in [9.17, 15) is 18.0 Å². The first kappa shape index (κ1) is 18.4. The number of piperazine rings is 1. The molecule has 0 radical (unpaired) electrons. The fourth-order valence-electron chi connectivity index (χ4n) is 3.98. The van der Waals surface area contributed by atoms with E-state index >= 15 is 0 Å². The summed E-state index contributed by atoms with van der Waals surface area (Å²) in [7, 11) is -3.68. The SMILES string of the molecule is O=C(O)c1ccc(S(=O)(=O)N2CCN(C(=O)C(C3CC3)C3CC3)CC2)cc1. The van der Waals surface area contributed by atoms with E-state index in [1.165, 1.54) is 28.6 Å². The lowest BCUT2D eigenvalue weighted by Gasteiger charge is -2.36. The molecule has 4 rings (SSSR count). The van der Waals surface area contributed by atoms with E-state index < -0.39 is 16.0 Å². The van der Waals surface area contributed by atoms with E-state index in [1.54, 1.807) is 0 Å². The Balaban J connectivity index is 1.40. The minimum Gasteiger partial charge on any atom is -0.478 e. The van der Waals surface area contributed by atoms with Crippen molar-refractivity contribution in [2.24, 2.45) is 17.8 Å². The predicted octanol–water partition coefficient (Wildman–Crippen LogP) is 1.65. The number of carbonyl (C=O) groups excluding carboxylic acids is 1. The number of carbonyl (C=O) groups is 2. The van der Waals surface area contributed by atoms with Crippen molar-refractivity contribution in [3.05, 3.63) is 29.8 Å². The summed E-state index contributed by atoms with van der Waals surface area (Å²) in [6.45, 7) is 1.38. The number of nitrogens with zero attached hydrogens (tertiary/aromatic N) is 2. The van der Waals surface area contributed by atoms with Crippen molar-refractivity contribution in [2.45, 2.75) is 30.6 Å². The molecule has 7 nitrogen and oxygen atoms in total. The highest BCUT2D eigenvalue weighted by atomic mass is 32.2. The molecule has 1 aliphatic heterocycles. The van der Waals surface area contributed by atoms with Gasteiger partial charge in [-0.15, -0.1) is 0 Å². The van der Waals surface area contributed by atoms with E-state index in [0.29, 0.717) is 24.9 Å². The van der Waals surface area contributed by atoms with Crippen LogP contribution in [0.1, 0.15) is 36.0 Å². The van der Waals surface area contributed by atoms with Gasteiger partial charge in [-0.3, -0.25) is 4.79 Å². The van der Waals surface area contributed by atoms with Gasteiger partial charge in [0.2, 0.25) is 15.9 Å². The molecule has 1 aromatic carbocycles. The summed E-state index contributed by atoms with van der Waals surface area (Å²) in [4.78, 5) is 25.7. The zero-order chi connectivity index (χ0) is 19.2. The number of benzene rings is 1. The van der Waals surface area contributed by atoms with Crippen LogP contribution in [0.5, 0.6) is 0 Å². The lowest BCUT2D eigenvalue weighted by molar-refractivity contribution is -0.138. The molecule has 2 saturated carbocycles. The average Bonchev–Trinajstić information content (AvgIpc) is 3.57. The summed E-state index contributed by atoms with van der Waals surface area (Å²) in [6, 6.07) is 5.24. The van der Waals surface area contributed by atoms with Gasteiger partial charge in [0.1, 0.15) is 0 Å². The van der Waals surface area contributed by atoms with Crippen LogP contribution in [0.15, 0.2) is 29.2 Å². The Hall–Kier alpha value is -1.93. The highest BCUT2D eigenvalue weighted by Gasteiger charge is 2.47. The summed E-state index contributed by atoms with van der Waals surface area (Å²) in [5.74, 6) is 0.352. The second-order valence-electron chi connectivity index (χ2n) is 7.76. The predicted molar refractivity (Wildman–Crippen MR) is 97.7 cm³/mol. The second kappa shape index (κ2) is 6.91. The van der Waals surface area contributed by atoms with Crippen molar-refractivity contribution in [2.75, 3.05) is 26.2 Å². The molecule has 3 fully saturated rings. The largest absolute Gasteiger partial charge is 0.478 e. The fourth-order valence-corrected chi connectivity index (χ4v) is 5.40. The first-order valence-electron chi connectivity index (χ1n) is 9.50. The smallest absolute Gasteiger partial charge is 0.335 e. The molecule has 0 aromatic heterocycles. The summed E-state index contributed by atoms with van der Waals surface area (Å²) in [5.41, 5.74) is 0.0514. The number of sulfonamides is 1. The van der Waals surface area contributed by atoms with Gasteiger partial charge in [-0.25, -0.2) is 13.2 Å². The lowest BCUT2D eigenvalue weighted by Crippen LogP contribution is -2.52. The van der Waals surface area contributed by atoms with Gasteiger partial charge in [0.25, 0.3) is 0 Å². The zero-order valence-corrected chi connectivity index (χ0v) is 15.9. The highest BCUT2D eigenvalue weighted by Crippen LogP contribution is 2.50. The first-order valence-corrected chi connectivity index (χ1v) is 10.9. The lowest BCUT2D eigenvalue weighted by atomic mass is 9.96. The van der Waals surface area contributed by atoms with Crippen molar-refractivity contribution in [3.63, 3.8) is 0 Å². The Labute approximate surface area is 159 Å². The van der Waals surface area contributed by atoms with Crippen LogP contribution in [0.2, 0.25) is 0 Å². The minimum absolute atomic E-state index is 0.0514. The molecule has 1 N–H and O–H groups in total. The third-order valence-corrected chi connectivity index (χ3v) is 7.75. The monoisotopic (exact) mass is 392 g/mol. The summed E-state index contributed by atoms with van der Waals surface area (Å²) >= 11 is 0. The Morgan fingerprint density at radius 2 is 1.44 bits per heavy atom. The van der Waals surface area contributed by atoms with Crippen molar-refractivity contribution < 1.29 is 23.1 Å². The normalized spacial score (nSPS) is 21.4. The molecule has 0 spiro atoms. The van der Waals surface area contributed by atoms with Crippen molar-refractivity contribution in [3.8, 4) is 0 Å². The first-order chi connectivity index (χ1) is 12.9. The van der Waals surface area contributed by atoms with Crippen LogP contribution in [-0.2, 0) is 14.8 Å². The molecule has 1 saturated heterocycles. The molecular formula is C19H24N2O5S. The Morgan fingerprint density at radius 3 is 1.89 bits per heavy atom. The standard InChI is InChI=1S/C19H24N2O5S/c22-18(17(13-1-2-13)14-3-4-14)20-9-11-21(12-10-20)27(25,26)16-7-5-15(6-8-16)19(23)24/h5-8,13-14,17H,1-4,9-12H2,(H,23,24).